The van der Waals surface area contributed by atoms with E-state index in [1.165, 1.54) is 0 Å². The lowest BCUT2D eigenvalue weighted by Gasteiger charge is -2.15. The van der Waals surface area contributed by atoms with Gasteiger partial charge in [0.15, 0.2) is 0 Å². The molecule has 4 heteroatoms. The molecule has 19 heavy (non-hydrogen) atoms. The maximum Gasteiger partial charge on any atom is 0.253 e. The number of nitrogens with two attached hydrogens (primary N) is 1. The lowest BCUT2D eigenvalue weighted by Crippen LogP contribution is -2.33. The van der Waals surface area contributed by atoms with Gasteiger partial charge < -0.3 is 16.0 Å². The average Bonchev–Trinajstić information content (AvgIpc) is 2.70. The van der Waals surface area contributed by atoms with Crippen molar-refractivity contribution in [3.8, 4) is 0 Å². The number of amides is 1. The molecular weight excluding hydrogens is 238 g/mol. The first kappa shape index (κ1) is 13.5. The van der Waals surface area contributed by atoms with E-state index >= 15 is 0 Å². The summed E-state index contributed by atoms with van der Waals surface area (Å²) in [6.45, 7) is 6.33. The zero-order valence-electron chi connectivity index (χ0n) is 11.7. The van der Waals surface area contributed by atoms with Crippen molar-refractivity contribution in [3.63, 3.8) is 0 Å². The molecule has 102 valence electrons. The number of hydrogen-bond acceptors (Lipinski definition) is 2. The second kappa shape index (κ2) is 5.34. The molecule has 0 aliphatic heterocycles. The number of aromatic nitrogens is 1. The average molecular weight is 259 g/mol. The number of rotatable bonds is 4. The van der Waals surface area contributed by atoms with Crippen LogP contribution in [-0.2, 0) is 0 Å². The Hall–Kier alpha value is -1.97. The van der Waals surface area contributed by atoms with Gasteiger partial charge >= 0.3 is 0 Å². The van der Waals surface area contributed by atoms with E-state index in [1.54, 1.807) is 6.20 Å². The van der Waals surface area contributed by atoms with E-state index in [0.717, 1.165) is 17.3 Å². The van der Waals surface area contributed by atoms with Gasteiger partial charge in [0, 0.05) is 28.8 Å². The van der Waals surface area contributed by atoms with Gasteiger partial charge in [-0.15, -0.1) is 0 Å². The van der Waals surface area contributed by atoms with Crippen LogP contribution in [0.15, 0.2) is 24.4 Å². The molecule has 4 nitrogen and oxygen atoms in total. The van der Waals surface area contributed by atoms with Crippen molar-refractivity contribution in [2.24, 2.45) is 5.92 Å². The summed E-state index contributed by atoms with van der Waals surface area (Å²) in [6.07, 6.45) is 2.71. The van der Waals surface area contributed by atoms with E-state index in [0.29, 0.717) is 17.2 Å². The molecule has 1 unspecified atom stereocenters. The van der Waals surface area contributed by atoms with Gasteiger partial charge in [-0.2, -0.15) is 0 Å². The lowest BCUT2D eigenvalue weighted by molar-refractivity contribution is 0.0938. The largest absolute Gasteiger partial charge is 0.399 e. The third-order valence-corrected chi connectivity index (χ3v) is 3.15. The zero-order chi connectivity index (χ0) is 14.0. The fourth-order valence-electron chi connectivity index (χ4n) is 2.40. The van der Waals surface area contributed by atoms with Crippen molar-refractivity contribution in [2.45, 2.75) is 33.2 Å². The Morgan fingerprint density at radius 2 is 2.11 bits per heavy atom. The Morgan fingerprint density at radius 3 is 2.79 bits per heavy atom. The normalized spacial score (nSPS) is 12.8. The highest BCUT2D eigenvalue weighted by Gasteiger charge is 2.14. The summed E-state index contributed by atoms with van der Waals surface area (Å²) in [5.41, 5.74) is 7.98. The van der Waals surface area contributed by atoms with Crippen LogP contribution >= 0.6 is 0 Å². The van der Waals surface area contributed by atoms with Crippen molar-refractivity contribution < 1.29 is 4.79 Å². The molecule has 1 aromatic heterocycles. The van der Waals surface area contributed by atoms with Crippen molar-refractivity contribution in [2.75, 3.05) is 5.73 Å². The minimum absolute atomic E-state index is 0.0378. The molecule has 0 spiro atoms. The second-order valence-electron chi connectivity index (χ2n) is 5.51. The fraction of sp³-hybridized carbons (Fsp3) is 0.400. The number of carbonyl (C=O) groups excluding carboxylic acids is 1. The van der Waals surface area contributed by atoms with Gasteiger partial charge in [-0.05, 0) is 37.5 Å². The third kappa shape index (κ3) is 3.08. The van der Waals surface area contributed by atoms with Gasteiger partial charge in [-0.3, -0.25) is 4.79 Å². The Bertz CT molecular complexity index is 586. The SMILES string of the molecule is CC(C)CC(C)NC(=O)c1c[nH]c2cc(N)ccc12. The summed E-state index contributed by atoms with van der Waals surface area (Å²) in [5.74, 6) is 0.530. The smallest absolute Gasteiger partial charge is 0.253 e. The van der Waals surface area contributed by atoms with Crippen LogP contribution in [0.3, 0.4) is 0 Å². The molecule has 0 saturated heterocycles. The minimum atomic E-state index is -0.0378. The molecule has 1 atom stereocenters. The predicted octanol–water partition coefficient (Wildman–Crippen LogP) is 2.91. The van der Waals surface area contributed by atoms with Gasteiger partial charge in [-0.1, -0.05) is 13.8 Å². The van der Waals surface area contributed by atoms with Gasteiger partial charge in [0.1, 0.15) is 0 Å². The van der Waals surface area contributed by atoms with E-state index in [-0.39, 0.29) is 11.9 Å². The molecule has 0 aliphatic carbocycles. The van der Waals surface area contributed by atoms with E-state index in [9.17, 15) is 4.79 Å². The topological polar surface area (TPSA) is 70.9 Å². The number of nitrogen functional groups attached to an aromatic ring is 1. The third-order valence-electron chi connectivity index (χ3n) is 3.15. The quantitative estimate of drug-likeness (QED) is 0.739. The van der Waals surface area contributed by atoms with Crippen LogP contribution in [0.1, 0.15) is 37.6 Å². The number of nitrogens with one attached hydrogen (secondary N) is 2. The minimum Gasteiger partial charge on any atom is -0.399 e. The van der Waals surface area contributed by atoms with Gasteiger partial charge in [0.05, 0.1) is 5.56 Å². The summed E-state index contributed by atoms with van der Waals surface area (Å²) >= 11 is 0. The van der Waals surface area contributed by atoms with Crippen LogP contribution in [0.25, 0.3) is 10.9 Å². The summed E-state index contributed by atoms with van der Waals surface area (Å²) in [6, 6.07) is 5.70. The van der Waals surface area contributed by atoms with Crippen molar-refractivity contribution in [1.29, 1.82) is 0 Å². The number of fused-ring (bicyclic) bond motifs is 1. The molecular formula is C15H21N3O. The van der Waals surface area contributed by atoms with Crippen molar-refractivity contribution in [1.82, 2.24) is 10.3 Å². The summed E-state index contributed by atoms with van der Waals surface area (Å²) < 4.78 is 0. The van der Waals surface area contributed by atoms with Crippen molar-refractivity contribution >= 4 is 22.5 Å². The van der Waals surface area contributed by atoms with Crippen LogP contribution in [-0.4, -0.2) is 16.9 Å². The number of hydrogen-bond donors (Lipinski definition) is 3. The molecule has 0 fully saturated rings. The van der Waals surface area contributed by atoms with E-state index < -0.39 is 0 Å². The Labute approximate surface area is 113 Å². The first-order chi connectivity index (χ1) is 8.97. The first-order valence-corrected chi connectivity index (χ1v) is 6.65. The molecule has 4 N–H and O–H groups in total. The summed E-state index contributed by atoms with van der Waals surface area (Å²) in [7, 11) is 0. The fourth-order valence-corrected chi connectivity index (χ4v) is 2.40. The molecule has 2 rings (SSSR count). The summed E-state index contributed by atoms with van der Waals surface area (Å²) in [5, 5.41) is 3.94. The molecule has 0 bridgehead atoms. The predicted molar refractivity (Wildman–Crippen MR) is 79.1 cm³/mol. The van der Waals surface area contributed by atoms with Crippen LogP contribution in [0.2, 0.25) is 0 Å². The first-order valence-electron chi connectivity index (χ1n) is 6.65. The Balaban J connectivity index is 2.18. The van der Waals surface area contributed by atoms with Crippen LogP contribution < -0.4 is 11.1 Å². The number of anilines is 1. The zero-order valence-corrected chi connectivity index (χ0v) is 11.7. The Morgan fingerprint density at radius 1 is 1.37 bits per heavy atom. The highest BCUT2D eigenvalue weighted by molar-refractivity contribution is 6.07. The Kier molecular flexibility index (Phi) is 3.79. The van der Waals surface area contributed by atoms with E-state index in [1.807, 2.05) is 25.1 Å². The molecule has 0 aliphatic rings. The highest BCUT2D eigenvalue weighted by Crippen LogP contribution is 2.20. The van der Waals surface area contributed by atoms with Gasteiger partial charge in [-0.25, -0.2) is 0 Å². The maximum atomic E-state index is 12.2. The van der Waals surface area contributed by atoms with Crippen LogP contribution in [0.5, 0.6) is 0 Å². The second-order valence-corrected chi connectivity index (χ2v) is 5.51. The standard InChI is InChI=1S/C15H21N3O/c1-9(2)6-10(3)18-15(19)13-8-17-14-7-11(16)4-5-12(13)14/h4-5,7-10,17H,6,16H2,1-3H3,(H,18,19). The lowest BCUT2D eigenvalue weighted by atomic mass is 10.0. The number of carbonyl (C=O) groups is 1. The highest BCUT2D eigenvalue weighted by atomic mass is 16.1. The molecule has 1 amide bonds. The molecule has 1 aromatic carbocycles. The van der Waals surface area contributed by atoms with Crippen LogP contribution in [0.4, 0.5) is 5.69 Å². The monoisotopic (exact) mass is 259 g/mol. The van der Waals surface area contributed by atoms with Gasteiger partial charge in [0.2, 0.25) is 0 Å². The number of benzene rings is 1. The number of aromatic amines is 1. The van der Waals surface area contributed by atoms with Gasteiger partial charge in [0.25, 0.3) is 5.91 Å². The summed E-state index contributed by atoms with van der Waals surface area (Å²) in [4.78, 5) is 15.3. The number of H-pyrrole nitrogens is 1. The van der Waals surface area contributed by atoms with Crippen molar-refractivity contribution in [3.05, 3.63) is 30.0 Å². The van der Waals surface area contributed by atoms with Crippen LogP contribution in [0, 0.1) is 5.92 Å². The van der Waals surface area contributed by atoms with E-state index in [2.05, 4.69) is 24.1 Å². The molecule has 1 heterocycles. The van der Waals surface area contributed by atoms with E-state index in [4.69, 9.17) is 5.73 Å². The maximum absolute atomic E-state index is 12.2. The molecule has 0 radical (unpaired) electrons. The molecule has 2 aromatic rings. The molecule has 0 saturated carbocycles.